The number of thiophene rings is 1. The number of anilines is 1. The van der Waals surface area contributed by atoms with Crippen LogP contribution >= 0.6 is 23.1 Å². The Bertz CT molecular complexity index is 1050. The van der Waals surface area contributed by atoms with E-state index in [0.717, 1.165) is 23.1 Å². The third-order valence-electron chi connectivity index (χ3n) is 3.52. The van der Waals surface area contributed by atoms with Crippen LogP contribution in [0.5, 0.6) is 5.75 Å². The fourth-order valence-electron chi connectivity index (χ4n) is 2.48. The van der Waals surface area contributed by atoms with Crippen LogP contribution in [0.4, 0.5) is 5.69 Å². The summed E-state index contributed by atoms with van der Waals surface area (Å²) in [6.07, 6.45) is 0. The fourth-order valence-corrected chi connectivity index (χ4v) is 5.34. The lowest BCUT2D eigenvalue weighted by molar-refractivity contribution is -0.133. The highest BCUT2D eigenvalue weighted by atomic mass is 32.2. The summed E-state index contributed by atoms with van der Waals surface area (Å²) in [6, 6.07) is 12.0. The van der Waals surface area contributed by atoms with Crippen LogP contribution in [0, 0.1) is 0 Å². The van der Waals surface area contributed by atoms with E-state index < -0.39 is 16.0 Å². The molecule has 0 saturated carbocycles. The lowest BCUT2D eigenvalue weighted by Crippen LogP contribution is -2.12. The van der Waals surface area contributed by atoms with Gasteiger partial charge in [-0.25, -0.2) is 8.42 Å². The van der Waals surface area contributed by atoms with Crippen LogP contribution in [0.2, 0.25) is 0 Å². The number of fused-ring (bicyclic) bond motifs is 1. The molecule has 1 aromatic heterocycles. The van der Waals surface area contributed by atoms with Gasteiger partial charge in [0, 0.05) is 10.8 Å². The van der Waals surface area contributed by atoms with E-state index >= 15 is 0 Å². The van der Waals surface area contributed by atoms with Gasteiger partial charge in [0.1, 0.15) is 9.96 Å². The predicted octanol–water partition coefficient (Wildman–Crippen LogP) is 3.89. The number of nitrogens with one attached hydrogen (secondary N) is 1. The second-order valence-electron chi connectivity index (χ2n) is 5.22. The number of hydrogen-bond acceptors (Lipinski definition) is 6. The number of hydrogen-bond donors (Lipinski definition) is 2. The number of benzene rings is 2. The van der Waals surface area contributed by atoms with E-state index in [1.54, 1.807) is 29.6 Å². The summed E-state index contributed by atoms with van der Waals surface area (Å²) in [5.41, 5.74) is 0.377. The molecule has 3 aromatic rings. The number of thioether (sulfide) groups is 1. The number of rotatable bonds is 7. The molecule has 0 aliphatic heterocycles. The Morgan fingerprint density at radius 3 is 2.58 bits per heavy atom. The molecule has 0 atom stereocenters. The molecule has 136 valence electrons. The van der Waals surface area contributed by atoms with Gasteiger partial charge in [0.15, 0.2) is 0 Å². The number of ether oxygens (including phenoxy) is 1. The maximum absolute atomic E-state index is 12.6. The monoisotopic (exact) mass is 409 g/mol. The molecule has 0 saturated heterocycles. The minimum absolute atomic E-state index is 0.161. The van der Waals surface area contributed by atoms with Gasteiger partial charge in [-0.3, -0.25) is 9.52 Å². The van der Waals surface area contributed by atoms with Crippen LogP contribution in [-0.4, -0.2) is 32.4 Å². The summed E-state index contributed by atoms with van der Waals surface area (Å²) >= 11 is 2.20. The first-order valence-corrected chi connectivity index (χ1v) is 10.8. The van der Waals surface area contributed by atoms with E-state index in [0.29, 0.717) is 27.1 Å². The number of sulfonamides is 1. The molecule has 0 amide bonds. The zero-order chi connectivity index (χ0) is 18.7. The van der Waals surface area contributed by atoms with Crippen molar-refractivity contribution in [1.82, 2.24) is 0 Å². The third kappa shape index (κ3) is 3.79. The van der Waals surface area contributed by atoms with Gasteiger partial charge in [-0.1, -0.05) is 30.3 Å². The van der Waals surface area contributed by atoms with E-state index in [1.165, 1.54) is 13.2 Å². The van der Waals surface area contributed by atoms with Gasteiger partial charge in [0.2, 0.25) is 0 Å². The van der Waals surface area contributed by atoms with Crippen LogP contribution in [0.15, 0.2) is 56.9 Å². The topological polar surface area (TPSA) is 92.7 Å². The molecule has 2 aromatic carbocycles. The Morgan fingerprint density at radius 2 is 1.96 bits per heavy atom. The molecular formula is C17H15NO5S3. The van der Waals surface area contributed by atoms with Gasteiger partial charge in [-0.15, -0.1) is 23.1 Å². The van der Waals surface area contributed by atoms with Crippen molar-refractivity contribution in [2.24, 2.45) is 0 Å². The third-order valence-corrected chi connectivity index (χ3v) is 7.29. The number of methoxy groups -OCH3 is 1. The van der Waals surface area contributed by atoms with Crippen LogP contribution in [-0.2, 0) is 14.8 Å². The molecule has 0 radical (unpaired) electrons. The molecule has 0 unspecified atom stereocenters. The van der Waals surface area contributed by atoms with Gasteiger partial charge in [-0.05, 0) is 17.5 Å². The van der Waals surface area contributed by atoms with Gasteiger partial charge >= 0.3 is 5.97 Å². The number of carboxylic acid groups (broad SMARTS) is 1. The van der Waals surface area contributed by atoms with E-state index in [4.69, 9.17) is 9.84 Å². The smallest absolute Gasteiger partial charge is 0.313 e. The Balaban J connectivity index is 2.13. The summed E-state index contributed by atoms with van der Waals surface area (Å²) in [4.78, 5) is 11.5. The van der Waals surface area contributed by atoms with E-state index in [2.05, 4.69) is 4.72 Å². The Morgan fingerprint density at radius 1 is 1.23 bits per heavy atom. The predicted molar refractivity (Wildman–Crippen MR) is 104 cm³/mol. The SMILES string of the molecule is COc1c(SCC(=O)O)cc(NS(=O)(=O)c2cccs2)c2ccccc12. The second kappa shape index (κ2) is 7.56. The van der Waals surface area contributed by atoms with Gasteiger partial charge in [0.05, 0.1) is 23.4 Å². The molecule has 3 rings (SSSR count). The number of carboxylic acids is 1. The molecule has 9 heteroatoms. The van der Waals surface area contributed by atoms with Gasteiger partial charge in [0.25, 0.3) is 10.0 Å². The quantitative estimate of drug-likeness (QED) is 0.575. The van der Waals surface area contributed by atoms with Crippen LogP contribution in [0.1, 0.15) is 0 Å². The first-order chi connectivity index (χ1) is 12.4. The number of carbonyl (C=O) groups is 1. The minimum atomic E-state index is -3.73. The normalized spacial score (nSPS) is 11.4. The summed E-state index contributed by atoms with van der Waals surface area (Å²) in [7, 11) is -2.22. The molecule has 0 spiro atoms. The molecule has 6 nitrogen and oxygen atoms in total. The van der Waals surface area contributed by atoms with Crippen molar-refractivity contribution in [3.05, 3.63) is 47.8 Å². The van der Waals surface area contributed by atoms with E-state index in [1.807, 2.05) is 12.1 Å². The van der Waals surface area contributed by atoms with Crippen molar-refractivity contribution in [3.8, 4) is 5.75 Å². The molecule has 26 heavy (non-hydrogen) atoms. The van der Waals surface area contributed by atoms with Gasteiger partial charge < -0.3 is 9.84 Å². The van der Waals surface area contributed by atoms with Crippen molar-refractivity contribution in [3.63, 3.8) is 0 Å². The van der Waals surface area contributed by atoms with Crippen molar-refractivity contribution < 1.29 is 23.1 Å². The zero-order valence-electron chi connectivity index (χ0n) is 13.6. The summed E-state index contributed by atoms with van der Waals surface area (Å²) < 4.78 is 33.5. The van der Waals surface area contributed by atoms with Crippen LogP contribution < -0.4 is 9.46 Å². The molecular weight excluding hydrogens is 394 g/mol. The van der Waals surface area contributed by atoms with E-state index in [-0.39, 0.29) is 9.96 Å². The summed E-state index contributed by atoms with van der Waals surface area (Å²) in [5, 5.41) is 12.0. The first-order valence-electron chi connectivity index (χ1n) is 7.43. The highest BCUT2D eigenvalue weighted by molar-refractivity contribution is 8.00. The molecule has 0 fully saturated rings. The maximum Gasteiger partial charge on any atom is 0.313 e. The van der Waals surface area contributed by atoms with Crippen molar-refractivity contribution in [2.45, 2.75) is 9.10 Å². The molecule has 0 bridgehead atoms. The van der Waals surface area contributed by atoms with E-state index in [9.17, 15) is 13.2 Å². The fraction of sp³-hybridized carbons (Fsp3) is 0.118. The molecule has 0 aliphatic rings. The van der Waals surface area contributed by atoms with Crippen molar-refractivity contribution in [1.29, 1.82) is 0 Å². The largest absolute Gasteiger partial charge is 0.495 e. The first kappa shape index (κ1) is 18.6. The van der Waals surface area contributed by atoms with Crippen molar-refractivity contribution >= 4 is 55.6 Å². The lowest BCUT2D eigenvalue weighted by Gasteiger charge is -2.16. The Hall–Kier alpha value is -2.23. The second-order valence-corrected chi connectivity index (χ2v) is 9.10. The number of aliphatic carboxylic acids is 1. The lowest BCUT2D eigenvalue weighted by atomic mass is 10.1. The molecule has 1 heterocycles. The minimum Gasteiger partial charge on any atom is -0.495 e. The molecule has 0 aliphatic carbocycles. The highest BCUT2D eigenvalue weighted by Crippen LogP contribution is 2.41. The average molecular weight is 410 g/mol. The van der Waals surface area contributed by atoms with Crippen molar-refractivity contribution in [2.75, 3.05) is 17.6 Å². The maximum atomic E-state index is 12.6. The van der Waals surface area contributed by atoms with Crippen LogP contribution in [0.3, 0.4) is 0 Å². The highest BCUT2D eigenvalue weighted by Gasteiger charge is 2.20. The zero-order valence-corrected chi connectivity index (χ0v) is 16.1. The van der Waals surface area contributed by atoms with Gasteiger partial charge in [-0.2, -0.15) is 0 Å². The Kier molecular flexibility index (Phi) is 5.40. The molecule has 2 N–H and O–H groups in total. The average Bonchev–Trinajstić information content (AvgIpc) is 3.15. The summed E-state index contributed by atoms with van der Waals surface area (Å²) in [5.74, 6) is -0.608. The Labute approximate surface area is 158 Å². The summed E-state index contributed by atoms with van der Waals surface area (Å²) in [6.45, 7) is 0. The standard InChI is InChI=1S/C17H15NO5S3/c1-23-17-12-6-3-2-5-11(12)13(9-14(17)25-10-15(19)20)18-26(21,22)16-7-4-8-24-16/h2-9,18H,10H2,1H3,(H,19,20). The van der Waals surface area contributed by atoms with Crippen LogP contribution in [0.25, 0.3) is 10.8 Å².